The van der Waals surface area contributed by atoms with Gasteiger partial charge in [0.25, 0.3) is 10.0 Å². The predicted octanol–water partition coefficient (Wildman–Crippen LogP) is 1.17. The lowest BCUT2D eigenvalue weighted by Gasteiger charge is -2.03. The van der Waals surface area contributed by atoms with E-state index < -0.39 is 10.0 Å². The molecule has 6 nitrogen and oxygen atoms in total. The van der Waals surface area contributed by atoms with Crippen LogP contribution in [0.3, 0.4) is 0 Å². The average Bonchev–Trinajstić information content (AvgIpc) is 2.77. The molecule has 0 spiro atoms. The number of rotatable bonds is 4. The molecule has 17 heavy (non-hydrogen) atoms. The molecule has 0 saturated heterocycles. The van der Waals surface area contributed by atoms with E-state index in [1.165, 1.54) is 18.5 Å². The number of aryl methyl sites for hydroxylation is 1. The molecule has 2 rings (SSSR count). The monoisotopic (exact) mass is 252 g/mol. The van der Waals surface area contributed by atoms with Gasteiger partial charge in [0.05, 0.1) is 0 Å². The van der Waals surface area contributed by atoms with Crippen LogP contribution in [0.25, 0.3) is 0 Å². The van der Waals surface area contributed by atoms with Gasteiger partial charge in [0.15, 0.2) is 5.82 Å². The smallest absolute Gasteiger partial charge is 0.264 e. The molecular formula is C10H12N4O2S. The Morgan fingerprint density at radius 2 is 2.29 bits per heavy atom. The van der Waals surface area contributed by atoms with Crippen molar-refractivity contribution in [1.82, 2.24) is 15.2 Å². The lowest BCUT2D eigenvalue weighted by atomic mass is 10.3. The van der Waals surface area contributed by atoms with E-state index in [9.17, 15) is 8.42 Å². The van der Waals surface area contributed by atoms with Crippen LogP contribution in [0, 0.1) is 0 Å². The highest BCUT2D eigenvalue weighted by atomic mass is 32.2. The van der Waals surface area contributed by atoms with Crippen molar-refractivity contribution in [3.63, 3.8) is 0 Å². The van der Waals surface area contributed by atoms with Crippen LogP contribution in [0.4, 0.5) is 5.82 Å². The van der Waals surface area contributed by atoms with Gasteiger partial charge in [0.1, 0.15) is 4.90 Å². The summed E-state index contributed by atoms with van der Waals surface area (Å²) in [4.78, 5) is 3.88. The minimum Gasteiger partial charge on any atom is -0.280 e. The highest BCUT2D eigenvalue weighted by Crippen LogP contribution is 2.13. The molecule has 2 N–H and O–H groups in total. The number of hydrogen-bond donors (Lipinski definition) is 2. The van der Waals surface area contributed by atoms with Crippen molar-refractivity contribution in [1.29, 1.82) is 0 Å². The average molecular weight is 252 g/mol. The van der Waals surface area contributed by atoms with Crippen LogP contribution in [0.1, 0.15) is 12.6 Å². The zero-order valence-corrected chi connectivity index (χ0v) is 10.0. The van der Waals surface area contributed by atoms with Crippen molar-refractivity contribution >= 4 is 15.8 Å². The van der Waals surface area contributed by atoms with Gasteiger partial charge in [0, 0.05) is 24.2 Å². The van der Waals surface area contributed by atoms with E-state index in [0.717, 1.165) is 12.1 Å². The van der Waals surface area contributed by atoms with Gasteiger partial charge < -0.3 is 0 Å². The second-order valence-corrected chi connectivity index (χ2v) is 5.11. The van der Waals surface area contributed by atoms with Crippen LogP contribution >= 0.6 is 0 Å². The number of sulfonamides is 1. The number of pyridine rings is 1. The summed E-state index contributed by atoms with van der Waals surface area (Å²) in [6, 6.07) is 4.70. The van der Waals surface area contributed by atoms with Crippen LogP contribution in [0.15, 0.2) is 35.5 Å². The maximum Gasteiger partial charge on any atom is 0.264 e. The van der Waals surface area contributed by atoms with Crippen molar-refractivity contribution in [2.45, 2.75) is 18.2 Å². The number of nitrogens with one attached hydrogen (secondary N) is 2. The molecule has 0 aliphatic rings. The lowest BCUT2D eigenvalue weighted by molar-refractivity contribution is 0.600. The van der Waals surface area contributed by atoms with Crippen LogP contribution in [-0.4, -0.2) is 23.6 Å². The predicted molar refractivity (Wildman–Crippen MR) is 63.0 cm³/mol. The zero-order valence-electron chi connectivity index (χ0n) is 9.21. The molecule has 0 bridgehead atoms. The summed E-state index contributed by atoms with van der Waals surface area (Å²) in [5.41, 5.74) is 0.869. The largest absolute Gasteiger partial charge is 0.280 e. The SMILES string of the molecule is CCc1cc(NS(=O)(=O)c2cccnc2)n[nH]1. The van der Waals surface area contributed by atoms with Crippen molar-refractivity contribution in [3.8, 4) is 0 Å². The van der Waals surface area contributed by atoms with Gasteiger partial charge in [-0.2, -0.15) is 5.10 Å². The van der Waals surface area contributed by atoms with E-state index in [1.54, 1.807) is 12.1 Å². The zero-order chi connectivity index (χ0) is 12.3. The van der Waals surface area contributed by atoms with Crippen molar-refractivity contribution in [2.24, 2.45) is 0 Å². The summed E-state index contributed by atoms with van der Waals surface area (Å²) in [7, 11) is -3.60. The second kappa shape index (κ2) is 4.54. The van der Waals surface area contributed by atoms with E-state index in [2.05, 4.69) is 19.9 Å². The Labute approximate surface area is 99.1 Å². The molecule has 0 saturated carbocycles. The third kappa shape index (κ3) is 2.62. The third-order valence-electron chi connectivity index (χ3n) is 2.20. The first-order valence-electron chi connectivity index (χ1n) is 5.09. The molecule has 0 amide bonds. The number of anilines is 1. The van der Waals surface area contributed by atoms with Gasteiger partial charge in [0.2, 0.25) is 0 Å². The number of nitrogens with zero attached hydrogens (tertiary/aromatic N) is 2. The van der Waals surface area contributed by atoms with E-state index >= 15 is 0 Å². The Balaban J connectivity index is 2.24. The van der Waals surface area contributed by atoms with E-state index in [1.807, 2.05) is 6.92 Å². The second-order valence-electron chi connectivity index (χ2n) is 3.43. The maximum atomic E-state index is 11.9. The first kappa shape index (κ1) is 11.6. The Morgan fingerprint density at radius 3 is 2.88 bits per heavy atom. The molecule has 7 heteroatoms. The molecule has 2 aromatic heterocycles. The van der Waals surface area contributed by atoms with Crippen molar-refractivity contribution in [2.75, 3.05) is 4.72 Å². The molecule has 90 valence electrons. The Bertz CT molecular complexity index is 592. The topological polar surface area (TPSA) is 87.7 Å². The van der Waals surface area contributed by atoms with Crippen LogP contribution in [0.2, 0.25) is 0 Å². The molecule has 0 aliphatic heterocycles. The molecule has 0 fully saturated rings. The normalized spacial score (nSPS) is 11.4. The summed E-state index contributed by atoms with van der Waals surface area (Å²) in [5.74, 6) is 0.283. The Kier molecular flexibility index (Phi) is 3.10. The quantitative estimate of drug-likeness (QED) is 0.855. The molecule has 0 unspecified atom stereocenters. The lowest BCUT2D eigenvalue weighted by Crippen LogP contribution is -2.13. The summed E-state index contributed by atoms with van der Waals surface area (Å²) in [5, 5.41) is 6.60. The number of hydrogen-bond acceptors (Lipinski definition) is 4. The number of H-pyrrole nitrogens is 1. The van der Waals surface area contributed by atoms with Crippen molar-refractivity contribution < 1.29 is 8.42 Å². The van der Waals surface area contributed by atoms with E-state index in [-0.39, 0.29) is 10.7 Å². The summed E-state index contributed by atoms with van der Waals surface area (Å²) in [6.45, 7) is 1.95. The van der Waals surface area contributed by atoms with Gasteiger partial charge in [-0.1, -0.05) is 6.92 Å². The van der Waals surface area contributed by atoms with Crippen LogP contribution in [-0.2, 0) is 16.4 Å². The molecule has 0 atom stereocenters. The first-order valence-corrected chi connectivity index (χ1v) is 6.57. The minimum atomic E-state index is -3.60. The molecule has 0 aromatic carbocycles. The van der Waals surface area contributed by atoms with Crippen LogP contribution in [0.5, 0.6) is 0 Å². The number of aromatic nitrogens is 3. The van der Waals surface area contributed by atoms with Gasteiger partial charge in [-0.05, 0) is 18.6 Å². The van der Waals surface area contributed by atoms with Gasteiger partial charge in [-0.3, -0.25) is 14.8 Å². The summed E-state index contributed by atoms with van der Waals surface area (Å²) in [6.07, 6.45) is 3.57. The molecular weight excluding hydrogens is 240 g/mol. The van der Waals surface area contributed by atoms with Gasteiger partial charge >= 0.3 is 0 Å². The summed E-state index contributed by atoms with van der Waals surface area (Å²) < 4.78 is 26.2. The highest BCUT2D eigenvalue weighted by molar-refractivity contribution is 7.92. The standard InChI is InChI=1S/C10H12N4O2S/c1-2-8-6-10(13-12-8)14-17(15,16)9-4-3-5-11-7-9/h3-7H,2H2,1H3,(H2,12,13,14). The molecule has 2 heterocycles. The molecule has 0 aliphatic carbocycles. The van der Waals surface area contributed by atoms with Crippen LogP contribution < -0.4 is 4.72 Å². The fraction of sp³-hybridized carbons (Fsp3) is 0.200. The third-order valence-corrected chi connectivity index (χ3v) is 3.54. The highest BCUT2D eigenvalue weighted by Gasteiger charge is 2.15. The number of aromatic amines is 1. The molecule has 0 radical (unpaired) electrons. The van der Waals surface area contributed by atoms with Gasteiger partial charge in [-0.25, -0.2) is 8.42 Å². The Hall–Kier alpha value is -1.89. The molecule has 2 aromatic rings. The van der Waals surface area contributed by atoms with E-state index in [0.29, 0.717) is 0 Å². The fourth-order valence-electron chi connectivity index (χ4n) is 1.30. The first-order chi connectivity index (χ1) is 8.12. The van der Waals surface area contributed by atoms with Crippen molar-refractivity contribution in [3.05, 3.63) is 36.3 Å². The Morgan fingerprint density at radius 1 is 1.47 bits per heavy atom. The fourth-order valence-corrected chi connectivity index (χ4v) is 2.25. The maximum absolute atomic E-state index is 11.9. The van der Waals surface area contributed by atoms with E-state index in [4.69, 9.17) is 0 Å². The minimum absolute atomic E-state index is 0.112. The van der Waals surface area contributed by atoms with Gasteiger partial charge in [-0.15, -0.1) is 0 Å². The summed E-state index contributed by atoms with van der Waals surface area (Å²) >= 11 is 0.